The van der Waals surface area contributed by atoms with Crippen LogP contribution >= 0.6 is 0 Å². The standard InChI is InChI=1S/C31H37NO9/c1-30(2,3)41-29(35)32-22(18-36-6)28(34)39-26-17-19(10-13-25(26)38-8)9-12-23(33)20-11-14-24(37-7)21-15-16-31(4,5)40-27(20)21/h9-17,22H,18H2,1-8H3,(H,32,35)/b12-9+. The van der Waals surface area contributed by atoms with Crippen LogP contribution in [0.15, 0.2) is 42.5 Å². The molecule has 220 valence electrons. The summed E-state index contributed by atoms with van der Waals surface area (Å²) in [5.41, 5.74) is 0.289. The summed E-state index contributed by atoms with van der Waals surface area (Å²) >= 11 is 0. The lowest BCUT2D eigenvalue weighted by atomic mass is 9.97. The van der Waals surface area contributed by atoms with Crippen LogP contribution in [0.1, 0.15) is 56.1 Å². The van der Waals surface area contributed by atoms with Crippen molar-refractivity contribution < 1.29 is 42.8 Å². The fraction of sp³-hybridized carbons (Fsp3) is 0.387. The Hall–Kier alpha value is -4.31. The average Bonchev–Trinajstić information content (AvgIpc) is 2.89. The molecule has 41 heavy (non-hydrogen) atoms. The average molecular weight is 568 g/mol. The highest BCUT2D eigenvalue weighted by Gasteiger charge is 2.29. The van der Waals surface area contributed by atoms with Gasteiger partial charge in [0.2, 0.25) is 0 Å². The van der Waals surface area contributed by atoms with Gasteiger partial charge in [-0.05, 0) is 82.7 Å². The maximum absolute atomic E-state index is 13.2. The van der Waals surface area contributed by atoms with Gasteiger partial charge < -0.3 is 33.7 Å². The highest BCUT2D eigenvalue weighted by Crippen LogP contribution is 2.40. The van der Waals surface area contributed by atoms with Crippen molar-refractivity contribution >= 4 is 30.0 Å². The molecule has 2 aromatic rings. The fourth-order valence-electron chi connectivity index (χ4n) is 3.91. The number of amides is 1. The molecule has 0 saturated heterocycles. The van der Waals surface area contributed by atoms with Gasteiger partial charge in [-0.3, -0.25) is 4.79 Å². The van der Waals surface area contributed by atoms with Crippen molar-refractivity contribution in [2.75, 3.05) is 27.9 Å². The Morgan fingerprint density at radius 2 is 1.68 bits per heavy atom. The zero-order chi connectivity index (χ0) is 30.4. The minimum Gasteiger partial charge on any atom is -0.496 e. The van der Waals surface area contributed by atoms with Crippen molar-refractivity contribution in [3.63, 3.8) is 0 Å². The van der Waals surface area contributed by atoms with Gasteiger partial charge in [0, 0.05) is 7.11 Å². The number of ketones is 1. The van der Waals surface area contributed by atoms with Crippen molar-refractivity contribution in [3.05, 3.63) is 59.2 Å². The number of methoxy groups -OCH3 is 3. The van der Waals surface area contributed by atoms with E-state index in [2.05, 4.69) is 5.32 Å². The summed E-state index contributed by atoms with van der Waals surface area (Å²) in [6, 6.07) is 7.10. The van der Waals surface area contributed by atoms with Crippen LogP contribution in [-0.4, -0.2) is 63.0 Å². The van der Waals surface area contributed by atoms with Crippen LogP contribution < -0.4 is 24.3 Å². The molecular weight excluding hydrogens is 530 g/mol. The summed E-state index contributed by atoms with van der Waals surface area (Å²) in [4.78, 5) is 38.4. The predicted octanol–water partition coefficient (Wildman–Crippen LogP) is 5.23. The lowest BCUT2D eigenvalue weighted by molar-refractivity contribution is -0.138. The number of alkyl carbamates (subject to hydrolysis) is 1. The number of fused-ring (bicyclic) bond motifs is 1. The van der Waals surface area contributed by atoms with Crippen LogP contribution in [0, 0.1) is 0 Å². The van der Waals surface area contributed by atoms with Gasteiger partial charge in [0.05, 0.1) is 32.0 Å². The van der Waals surface area contributed by atoms with Crippen LogP contribution in [0.2, 0.25) is 0 Å². The summed E-state index contributed by atoms with van der Waals surface area (Å²) in [7, 11) is 4.38. The van der Waals surface area contributed by atoms with Gasteiger partial charge in [0.1, 0.15) is 22.7 Å². The van der Waals surface area contributed by atoms with Crippen molar-refractivity contribution in [1.29, 1.82) is 0 Å². The molecule has 0 aromatic heterocycles. The molecule has 0 fully saturated rings. The molecule has 1 unspecified atom stereocenters. The van der Waals surface area contributed by atoms with Gasteiger partial charge >= 0.3 is 12.1 Å². The van der Waals surface area contributed by atoms with Crippen LogP contribution in [0.25, 0.3) is 12.2 Å². The number of allylic oxidation sites excluding steroid dienone is 1. The smallest absolute Gasteiger partial charge is 0.408 e. The number of carbonyl (C=O) groups excluding carboxylic acids is 3. The number of benzene rings is 2. The molecule has 1 atom stereocenters. The van der Waals surface area contributed by atoms with Gasteiger partial charge in [-0.2, -0.15) is 0 Å². The minimum absolute atomic E-state index is 0.0937. The largest absolute Gasteiger partial charge is 0.496 e. The third-order valence-corrected chi connectivity index (χ3v) is 5.79. The number of ether oxygens (including phenoxy) is 6. The first-order chi connectivity index (χ1) is 19.3. The highest BCUT2D eigenvalue weighted by atomic mass is 16.6. The van der Waals surface area contributed by atoms with E-state index in [0.29, 0.717) is 28.2 Å². The highest BCUT2D eigenvalue weighted by molar-refractivity contribution is 6.09. The van der Waals surface area contributed by atoms with E-state index in [0.717, 1.165) is 0 Å². The first-order valence-electron chi connectivity index (χ1n) is 13.0. The summed E-state index contributed by atoms with van der Waals surface area (Å²) in [5.74, 6) is 0.342. The fourth-order valence-corrected chi connectivity index (χ4v) is 3.91. The van der Waals surface area contributed by atoms with Crippen LogP contribution in [0.3, 0.4) is 0 Å². The molecular formula is C31H37NO9. The normalized spacial score (nSPS) is 14.4. The van der Waals surface area contributed by atoms with Crippen LogP contribution in [-0.2, 0) is 14.3 Å². The molecule has 1 heterocycles. The maximum atomic E-state index is 13.2. The molecule has 1 N–H and O–H groups in total. The first kappa shape index (κ1) is 31.2. The minimum atomic E-state index is -1.14. The van der Waals surface area contributed by atoms with Gasteiger partial charge in [-0.1, -0.05) is 12.1 Å². The Labute approximate surface area is 240 Å². The van der Waals surface area contributed by atoms with Gasteiger partial charge in [0.25, 0.3) is 0 Å². The second-order valence-electron chi connectivity index (χ2n) is 10.8. The molecule has 1 amide bonds. The Morgan fingerprint density at radius 1 is 1.00 bits per heavy atom. The molecule has 0 spiro atoms. The SMILES string of the molecule is COCC(NC(=O)OC(C)(C)C)C(=O)Oc1cc(/C=C/C(=O)c2ccc(OC)c3c2OC(C)(C)C=C3)ccc1OC. The summed E-state index contributed by atoms with van der Waals surface area (Å²) in [6.07, 6.45) is 5.99. The van der Waals surface area contributed by atoms with E-state index in [1.165, 1.54) is 20.3 Å². The molecule has 0 bridgehead atoms. The molecule has 10 nitrogen and oxygen atoms in total. The Kier molecular flexibility index (Phi) is 9.83. The van der Waals surface area contributed by atoms with Crippen molar-refractivity contribution in [2.24, 2.45) is 0 Å². The van der Waals surface area contributed by atoms with Crippen molar-refractivity contribution in [3.8, 4) is 23.0 Å². The maximum Gasteiger partial charge on any atom is 0.408 e. The zero-order valence-corrected chi connectivity index (χ0v) is 24.7. The van der Waals surface area contributed by atoms with E-state index in [-0.39, 0.29) is 23.9 Å². The van der Waals surface area contributed by atoms with E-state index in [4.69, 9.17) is 28.4 Å². The van der Waals surface area contributed by atoms with Crippen molar-refractivity contribution in [2.45, 2.75) is 51.9 Å². The quantitative estimate of drug-likeness (QED) is 0.178. The Morgan fingerprint density at radius 3 is 2.32 bits per heavy atom. The zero-order valence-electron chi connectivity index (χ0n) is 24.7. The molecule has 10 heteroatoms. The summed E-state index contributed by atoms with van der Waals surface area (Å²) < 4.78 is 32.8. The first-order valence-corrected chi connectivity index (χ1v) is 13.0. The van der Waals surface area contributed by atoms with E-state index in [1.807, 2.05) is 26.0 Å². The molecule has 1 aliphatic heterocycles. The van der Waals surface area contributed by atoms with Gasteiger partial charge in [-0.15, -0.1) is 0 Å². The second-order valence-corrected chi connectivity index (χ2v) is 10.8. The Balaban J connectivity index is 1.83. The summed E-state index contributed by atoms with van der Waals surface area (Å²) in [6.45, 7) is 8.78. The molecule has 3 rings (SSSR count). The van der Waals surface area contributed by atoms with Gasteiger partial charge in [-0.25, -0.2) is 9.59 Å². The molecule has 0 saturated carbocycles. The Bertz CT molecular complexity index is 1350. The van der Waals surface area contributed by atoms with E-state index in [1.54, 1.807) is 64.3 Å². The number of hydrogen-bond acceptors (Lipinski definition) is 9. The van der Waals surface area contributed by atoms with E-state index in [9.17, 15) is 14.4 Å². The molecule has 0 radical (unpaired) electrons. The number of hydrogen-bond donors (Lipinski definition) is 1. The molecule has 2 aromatic carbocycles. The van der Waals surface area contributed by atoms with E-state index < -0.39 is 29.3 Å². The third-order valence-electron chi connectivity index (χ3n) is 5.79. The van der Waals surface area contributed by atoms with Crippen LogP contribution in [0.4, 0.5) is 4.79 Å². The second kappa shape index (κ2) is 12.9. The predicted molar refractivity (Wildman–Crippen MR) is 154 cm³/mol. The lowest BCUT2D eigenvalue weighted by Crippen LogP contribution is -2.47. The number of esters is 1. The summed E-state index contributed by atoms with van der Waals surface area (Å²) in [5, 5.41) is 2.46. The van der Waals surface area contributed by atoms with E-state index >= 15 is 0 Å². The number of nitrogens with one attached hydrogen (secondary N) is 1. The van der Waals surface area contributed by atoms with Crippen molar-refractivity contribution in [1.82, 2.24) is 5.32 Å². The third kappa shape index (κ3) is 8.34. The van der Waals surface area contributed by atoms with Gasteiger partial charge in [0.15, 0.2) is 23.3 Å². The topological polar surface area (TPSA) is 119 Å². The lowest BCUT2D eigenvalue weighted by Gasteiger charge is -2.29. The molecule has 1 aliphatic rings. The monoisotopic (exact) mass is 567 g/mol. The number of rotatable bonds is 10. The molecule has 0 aliphatic carbocycles. The number of carbonyl (C=O) groups is 3. The van der Waals surface area contributed by atoms with Crippen LogP contribution in [0.5, 0.6) is 23.0 Å².